The van der Waals surface area contributed by atoms with Crippen LogP contribution in [-0.2, 0) is 9.53 Å². The van der Waals surface area contributed by atoms with E-state index in [1.807, 2.05) is 32.0 Å². The number of hydrogen-bond acceptors (Lipinski definition) is 5. The maximum atomic E-state index is 11.9. The highest BCUT2D eigenvalue weighted by Gasteiger charge is 2.14. The van der Waals surface area contributed by atoms with Crippen molar-refractivity contribution in [3.63, 3.8) is 0 Å². The molecule has 0 aliphatic carbocycles. The molecule has 0 radical (unpaired) electrons. The number of thioether (sulfide) groups is 1. The van der Waals surface area contributed by atoms with Gasteiger partial charge in [0.1, 0.15) is 0 Å². The number of hydrogen-bond donors (Lipinski definition) is 1. The van der Waals surface area contributed by atoms with Crippen LogP contribution >= 0.6 is 23.1 Å². The van der Waals surface area contributed by atoms with Crippen LogP contribution in [0.2, 0.25) is 0 Å². The van der Waals surface area contributed by atoms with Crippen LogP contribution in [0.25, 0.3) is 0 Å². The van der Waals surface area contributed by atoms with Gasteiger partial charge in [0, 0.05) is 21.2 Å². The van der Waals surface area contributed by atoms with Crippen LogP contribution in [0.1, 0.15) is 26.5 Å². The summed E-state index contributed by atoms with van der Waals surface area (Å²) in [6, 6.07) is 11.9. The van der Waals surface area contributed by atoms with Gasteiger partial charge in [-0.15, -0.1) is 23.1 Å². The van der Waals surface area contributed by atoms with Gasteiger partial charge in [-0.1, -0.05) is 18.2 Å². The van der Waals surface area contributed by atoms with Crippen molar-refractivity contribution < 1.29 is 14.3 Å². The molecule has 1 aromatic heterocycles. The minimum absolute atomic E-state index is 0.237. The Morgan fingerprint density at radius 2 is 1.96 bits per heavy atom. The van der Waals surface area contributed by atoms with E-state index < -0.39 is 5.97 Å². The van der Waals surface area contributed by atoms with E-state index in [4.69, 9.17) is 4.74 Å². The first-order valence-corrected chi connectivity index (χ1v) is 9.55. The molecule has 2 aromatic rings. The minimum atomic E-state index is -0.438. The fourth-order valence-corrected chi connectivity index (χ4v) is 3.89. The first-order chi connectivity index (χ1) is 11.6. The number of benzene rings is 1. The summed E-state index contributed by atoms with van der Waals surface area (Å²) in [6.45, 7) is 4.15. The second-order valence-corrected chi connectivity index (χ2v) is 7.90. The highest BCUT2D eigenvalue weighted by Crippen LogP contribution is 2.21. The van der Waals surface area contributed by atoms with E-state index in [1.165, 1.54) is 4.90 Å². The van der Waals surface area contributed by atoms with Crippen LogP contribution in [0.3, 0.4) is 0 Å². The Hall–Kier alpha value is -1.79. The SMILES string of the molecule is Cc1cc(C(=O)OCC(=O)NCCCSc2ccccc2)c(C)s1. The molecule has 6 heteroatoms. The van der Waals surface area contributed by atoms with E-state index in [-0.39, 0.29) is 12.5 Å². The molecule has 1 amide bonds. The molecule has 128 valence electrons. The molecule has 0 fully saturated rings. The lowest BCUT2D eigenvalue weighted by atomic mass is 10.2. The number of amides is 1. The summed E-state index contributed by atoms with van der Waals surface area (Å²) in [5.41, 5.74) is 0.546. The molecule has 0 unspecified atom stereocenters. The Balaban J connectivity index is 1.60. The third-order valence-electron chi connectivity index (χ3n) is 3.25. The van der Waals surface area contributed by atoms with E-state index in [0.717, 1.165) is 21.9 Å². The number of esters is 1. The molecule has 1 aromatic carbocycles. The van der Waals surface area contributed by atoms with Crippen molar-refractivity contribution in [1.29, 1.82) is 0 Å². The molecule has 24 heavy (non-hydrogen) atoms. The summed E-state index contributed by atoms with van der Waals surface area (Å²) in [5, 5.41) is 2.77. The van der Waals surface area contributed by atoms with Gasteiger partial charge in [0.05, 0.1) is 5.56 Å². The lowest BCUT2D eigenvalue weighted by Crippen LogP contribution is -2.29. The van der Waals surface area contributed by atoms with Gasteiger partial charge in [-0.3, -0.25) is 4.79 Å². The average Bonchev–Trinajstić information content (AvgIpc) is 2.92. The summed E-state index contributed by atoms with van der Waals surface area (Å²) < 4.78 is 5.06. The van der Waals surface area contributed by atoms with E-state index >= 15 is 0 Å². The number of carbonyl (C=O) groups is 2. The van der Waals surface area contributed by atoms with Crippen molar-refractivity contribution in [3.05, 3.63) is 51.7 Å². The minimum Gasteiger partial charge on any atom is -0.452 e. The summed E-state index contributed by atoms with van der Waals surface area (Å²) in [6.07, 6.45) is 0.863. The second kappa shape index (κ2) is 9.49. The quantitative estimate of drug-likeness (QED) is 0.440. The number of aryl methyl sites for hydroxylation is 2. The standard InChI is InChI=1S/C18H21NO3S2/c1-13-11-16(14(2)24-13)18(21)22-12-17(20)19-9-6-10-23-15-7-4-3-5-8-15/h3-5,7-8,11H,6,9-10,12H2,1-2H3,(H,19,20). The fourth-order valence-electron chi connectivity index (χ4n) is 2.10. The number of nitrogens with one attached hydrogen (secondary N) is 1. The van der Waals surface area contributed by atoms with Crippen molar-refractivity contribution in [2.75, 3.05) is 18.9 Å². The molecule has 1 heterocycles. The van der Waals surface area contributed by atoms with Crippen LogP contribution in [0.5, 0.6) is 0 Å². The first-order valence-electron chi connectivity index (χ1n) is 7.75. The zero-order chi connectivity index (χ0) is 17.4. The topological polar surface area (TPSA) is 55.4 Å². The van der Waals surface area contributed by atoms with Gasteiger partial charge in [0.2, 0.25) is 0 Å². The molecule has 0 aliphatic rings. The van der Waals surface area contributed by atoms with Crippen molar-refractivity contribution in [3.8, 4) is 0 Å². The molecule has 0 atom stereocenters. The number of ether oxygens (including phenoxy) is 1. The van der Waals surface area contributed by atoms with Gasteiger partial charge < -0.3 is 10.1 Å². The third-order valence-corrected chi connectivity index (χ3v) is 5.31. The molecular weight excluding hydrogens is 342 g/mol. The smallest absolute Gasteiger partial charge is 0.339 e. The van der Waals surface area contributed by atoms with Gasteiger partial charge in [-0.25, -0.2) is 4.79 Å². The van der Waals surface area contributed by atoms with Crippen LogP contribution in [0.15, 0.2) is 41.3 Å². The van der Waals surface area contributed by atoms with Gasteiger partial charge >= 0.3 is 5.97 Å². The highest BCUT2D eigenvalue weighted by atomic mass is 32.2. The van der Waals surface area contributed by atoms with E-state index in [2.05, 4.69) is 17.4 Å². The molecule has 4 nitrogen and oxygen atoms in total. The molecule has 1 N–H and O–H groups in total. The predicted octanol–water partition coefficient (Wildman–Crippen LogP) is 3.82. The maximum absolute atomic E-state index is 11.9. The molecule has 0 spiro atoms. The Morgan fingerprint density at radius 1 is 1.21 bits per heavy atom. The van der Waals surface area contributed by atoms with Crippen LogP contribution < -0.4 is 5.32 Å². The Kier molecular flexibility index (Phi) is 7.34. The molecule has 0 saturated carbocycles. The van der Waals surface area contributed by atoms with E-state index in [9.17, 15) is 9.59 Å². The van der Waals surface area contributed by atoms with Crippen molar-refractivity contribution in [1.82, 2.24) is 5.32 Å². The normalized spacial score (nSPS) is 10.4. The zero-order valence-corrected chi connectivity index (χ0v) is 15.5. The molecular formula is C18H21NO3S2. The van der Waals surface area contributed by atoms with Crippen LogP contribution in [0, 0.1) is 13.8 Å². The summed E-state index contributed by atoms with van der Waals surface area (Å²) in [4.78, 5) is 26.8. The predicted molar refractivity (Wildman–Crippen MR) is 98.9 cm³/mol. The maximum Gasteiger partial charge on any atom is 0.339 e. The fraction of sp³-hybridized carbons (Fsp3) is 0.333. The number of rotatable bonds is 8. The lowest BCUT2D eigenvalue weighted by Gasteiger charge is -2.06. The zero-order valence-electron chi connectivity index (χ0n) is 13.8. The van der Waals surface area contributed by atoms with Crippen molar-refractivity contribution in [2.24, 2.45) is 0 Å². The Morgan fingerprint density at radius 3 is 2.62 bits per heavy atom. The van der Waals surface area contributed by atoms with Crippen LogP contribution in [-0.4, -0.2) is 30.8 Å². The molecule has 0 aliphatic heterocycles. The van der Waals surface area contributed by atoms with Crippen molar-refractivity contribution >= 4 is 35.0 Å². The van der Waals surface area contributed by atoms with Crippen LogP contribution in [0.4, 0.5) is 0 Å². The number of thiophene rings is 1. The Labute approximate surface area is 150 Å². The van der Waals surface area contributed by atoms with Gasteiger partial charge in [-0.05, 0) is 44.2 Å². The number of carbonyl (C=O) groups excluding carboxylic acids is 2. The third kappa shape index (κ3) is 6.02. The van der Waals surface area contributed by atoms with Gasteiger partial charge in [-0.2, -0.15) is 0 Å². The summed E-state index contributed by atoms with van der Waals surface area (Å²) in [5.74, 6) is 0.224. The molecule has 2 rings (SSSR count). The average molecular weight is 364 g/mol. The Bertz CT molecular complexity index is 683. The largest absolute Gasteiger partial charge is 0.452 e. The molecule has 0 saturated heterocycles. The molecule has 0 bridgehead atoms. The lowest BCUT2D eigenvalue weighted by molar-refractivity contribution is -0.124. The van der Waals surface area contributed by atoms with Gasteiger partial charge in [0.15, 0.2) is 6.61 Å². The second-order valence-electron chi connectivity index (χ2n) is 5.27. The van der Waals surface area contributed by atoms with Gasteiger partial charge in [0.25, 0.3) is 5.91 Å². The first kappa shape index (κ1) is 18.5. The highest BCUT2D eigenvalue weighted by molar-refractivity contribution is 7.99. The summed E-state index contributed by atoms with van der Waals surface area (Å²) in [7, 11) is 0. The van der Waals surface area contributed by atoms with E-state index in [0.29, 0.717) is 12.1 Å². The monoisotopic (exact) mass is 363 g/mol. The van der Waals surface area contributed by atoms with E-state index in [1.54, 1.807) is 29.2 Å². The summed E-state index contributed by atoms with van der Waals surface area (Å²) >= 11 is 3.30. The van der Waals surface area contributed by atoms with Crippen molar-refractivity contribution in [2.45, 2.75) is 25.2 Å².